The quantitative estimate of drug-likeness (QED) is 0.869. The van der Waals surface area contributed by atoms with Gasteiger partial charge in [0.15, 0.2) is 5.79 Å². The Balaban J connectivity index is 1.83. The maximum atomic E-state index is 9.53. The van der Waals surface area contributed by atoms with E-state index in [-0.39, 0.29) is 12.2 Å². The van der Waals surface area contributed by atoms with Crippen molar-refractivity contribution in [1.29, 1.82) is 0 Å². The summed E-state index contributed by atoms with van der Waals surface area (Å²) in [7, 11) is 0. The molecule has 0 bridgehead atoms. The van der Waals surface area contributed by atoms with E-state index >= 15 is 0 Å². The third-order valence-corrected chi connectivity index (χ3v) is 3.25. The van der Waals surface area contributed by atoms with Gasteiger partial charge in [0.1, 0.15) is 6.10 Å². The molecular formula is C16H24O4. The van der Waals surface area contributed by atoms with E-state index in [1.54, 1.807) is 6.92 Å². The van der Waals surface area contributed by atoms with E-state index in [1.165, 1.54) is 0 Å². The van der Waals surface area contributed by atoms with Crippen molar-refractivity contribution in [1.82, 2.24) is 0 Å². The number of aliphatic hydroxyl groups excluding tert-OH is 1. The summed E-state index contributed by atoms with van der Waals surface area (Å²) in [4.78, 5) is 0. The molecule has 4 heteroatoms. The Hall–Kier alpha value is -0.940. The first-order valence-corrected chi connectivity index (χ1v) is 7.11. The van der Waals surface area contributed by atoms with Gasteiger partial charge in [0.2, 0.25) is 0 Å². The molecule has 20 heavy (non-hydrogen) atoms. The number of benzene rings is 1. The summed E-state index contributed by atoms with van der Waals surface area (Å²) in [6, 6.07) is 10.0. The predicted molar refractivity (Wildman–Crippen MR) is 76.2 cm³/mol. The van der Waals surface area contributed by atoms with Crippen LogP contribution in [0.25, 0.3) is 0 Å². The van der Waals surface area contributed by atoms with Gasteiger partial charge < -0.3 is 19.3 Å². The van der Waals surface area contributed by atoms with Crippen molar-refractivity contribution >= 4 is 0 Å². The fourth-order valence-corrected chi connectivity index (χ4v) is 2.45. The summed E-state index contributed by atoms with van der Waals surface area (Å²) < 4.78 is 17.4. The summed E-state index contributed by atoms with van der Waals surface area (Å²) in [5.74, 6) is -0.611. The lowest BCUT2D eigenvalue weighted by molar-refractivity contribution is -0.152. The van der Waals surface area contributed by atoms with Crippen LogP contribution in [0.4, 0.5) is 0 Å². The molecule has 1 N–H and O–H groups in total. The lowest BCUT2D eigenvalue weighted by atomic mass is 10.1. The molecule has 4 nitrogen and oxygen atoms in total. The second kappa shape index (κ2) is 6.68. The predicted octanol–water partition coefficient (Wildman–Crippen LogP) is 2.49. The molecule has 1 aliphatic heterocycles. The van der Waals surface area contributed by atoms with Gasteiger partial charge in [-0.05, 0) is 26.3 Å². The van der Waals surface area contributed by atoms with Crippen molar-refractivity contribution < 1.29 is 19.3 Å². The topological polar surface area (TPSA) is 47.9 Å². The Bertz CT molecular complexity index is 402. The van der Waals surface area contributed by atoms with Crippen LogP contribution in [0.5, 0.6) is 0 Å². The highest BCUT2D eigenvalue weighted by atomic mass is 16.8. The SMILES string of the molecule is C[C@@H](O)C[C@@H]1OC(C)(C)O[C@H]1COCc1ccccc1. The van der Waals surface area contributed by atoms with Crippen molar-refractivity contribution in [3.05, 3.63) is 35.9 Å². The van der Waals surface area contributed by atoms with Crippen molar-refractivity contribution in [2.45, 2.75) is 57.9 Å². The van der Waals surface area contributed by atoms with Gasteiger partial charge in [-0.25, -0.2) is 0 Å². The first-order valence-electron chi connectivity index (χ1n) is 7.11. The molecule has 1 aliphatic rings. The van der Waals surface area contributed by atoms with Crippen molar-refractivity contribution in [2.24, 2.45) is 0 Å². The average molecular weight is 280 g/mol. The molecule has 1 aromatic carbocycles. The maximum absolute atomic E-state index is 9.53. The van der Waals surface area contributed by atoms with Crippen LogP contribution in [-0.2, 0) is 20.8 Å². The Morgan fingerprint density at radius 2 is 1.85 bits per heavy atom. The Morgan fingerprint density at radius 3 is 2.50 bits per heavy atom. The summed E-state index contributed by atoms with van der Waals surface area (Å²) in [6.07, 6.45) is -0.110. The smallest absolute Gasteiger partial charge is 0.163 e. The minimum Gasteiger partial charge on any atom is -0.393 e. The number of rotatable bonds is 6. The van der Waals surface area contributed by atoms with Gasteiger partial charge in [-0.3, -0.25) is 0 Å². The van der Waals surface area contributed by atoms with Crippen molar-refractivity contribution in [3.8, 4) is 0 Å². The fourth-order valence-electron chi connectivity index (χ4n) is 2.45. The van der Waals surface area contributed by atoms with E-state index in [1.807, 2.05) is 44.2 Å². The van der Waals surface area contributed by atoms with E-state index in [0.29, 0.717) is 19.6 Å². The highest BCUT2D eigenvalue weighted by molar-refractivity contribution is 5.13. The highest BCUT2D eigenvalue weighted by Gasteiger charge is 2.41. The number of hydrogen-bond donors (Lipinski definition) is 1. The molecule has 0 unspecified atom stereocenters. The summed E-state index contributed by atoms with van der Waals surface area (Å²) >= 11 is 0. The molecule has 0 spiro atoms. The Labute approximate surface area is 120 Å². The first kappa shape index (κ1) is 15.4. The Morgan fingerprint density at radius 1 is 1.20 bits per heavy atom. The standard InChI is InChI=1S/C16H24O4/c1-12(17)9-14-15(20-16(2,3)19-14)11-18-10-13-7-5-4-6-8-13/h4-8,12,14-15,17H,9-11H2,1-3H3/t12-,14+,15+/m1/s1. The molecule has 2 rings (SSSR count). The number of hydrogen-bond acceptors (Lipinski definition) is 4. The molecule has 0 saturated carbocycles. The van der Waals surface area contributed by atoms with Crippen LogP contribution in [0.1, 0.15) is 32.8 Å². The molecule has 0 aliphatic carbocycles. The van der Waals surface area contributed by atoms with Crippen LogP contribution < -0.4 is 0 Å². The zero-order chi connectivity index (χ0) is 14.6. The summed E-state index contributed by atoms with van der Waals surface area (Å²) in [5.41, 5.74) is 1.14. The van der Waals surface area contributed by atoms with Gasteiger partial charge in [0.25, 0.3) is 0 Å². The van der Waals surface area contributed by atoms with Crippen LogP contribution in [0, 0.1) is 0 Å². The first-order chi connectivity index (χ1) is 9.46. The van der Waals surface area contributed by atoms with Gasteiger partial charge in [-0.1, -0.05) is 30.3 Å². The lowest BCUT2D eigenvalue weighted by Gasteiger charge is -2.18. The number of aliphatic hydroxyl groups is 1. The zero-order valence-corrected chi connectivity index (χ0v) is 12.4. The van der Waals surface area contributed by atoms with Crippen molar-refractivity contribution in [2.75, 3.05) is 6.61 Å². The molecule has 1 aromatic rings. The van der Waals surface area contributed by atoms with Gasteiger partial charge in [0.05, 0.1) is 25.4 Å². The van der Waals surface area contributed by atoms with Gasteiger partial charge >= 0.3 is 0 Å². The summed E-state index contributed by atoms with van der Waals surface area (Å²) in [5, 5.41) is 9.53. The molecule has 1 fully saturated rings. The maximum Gasteiger partial charge on any atom is 0.163 e. The number of ether oxygens (including phenoxy) is 3. The molecule has 0 radical (unpaired) electrons. The monoisotopic (exact) mass is 280 g/mol. The van der Waals surface area contributed by atoms with Crippen LogP contribution in [-0.4, -0.2) is 35.8 Å². The largest absolute Gasteiger partial charge is 0.393 e. The van der Waals surface area contributed by atoms with Gasteiger partial charge in [0, 0.05) is 6.42 Å². The molecule has 1 saturated heterocycles. The summed E-state index contributed by atoms with van der Waals surface area (Å²) in [6.45, 7) is 6.56. The molecule has 3 atom stereocenters. The minimum atomic E-state index is -0.611. The third kappa shape index (κ3) is 4.56. The molecular weight excluding hydrogens is 256 g/mol. The van der Waals surface area contributed by atoms with Crippen LogP contribution >= 0.6 is 0 Å². The normalized spacial score (nSPS) is 26.6. The molecule has 112 valence electrons. The van der Waals surface area contributed by atoms with E-state index in [4.69, 9.17) is 14.2 Å². The van der Waals surface area contributed by atoms with Crippen molar-refractivity contribution in [3.63, 3.8) is 0 Å². The van der Waals surface area contributed by atoms with E-state index in [2.05, 4.69) is 0 Å². The second-order valence-corrected chi connectivity index (χ2v) is 5.80. The van der Waals surface area contributed by atoms with Gasteiger partial charge in [-0.15, -0.1) is 0 Å². The Kier molecular flexibility index (Phi) is 5.16. The molecule has 0 aromatic heterocycles. The molecule has 1 heterocycles. The van der Waals surface area contributed by atoms with E-state index < -0.39 is 11.9 Å². The average Bonchev–Trinajstić information content (AvgIpc) is 2.64. The van der Waals surface area contributed by atoms with Crippen LogP contribution in [0.2, 0.25) is 0 Å². The van der Waals surface area contributed by atoms with Crippen LogP contribution in [0.15, 0.2) is 30.3 Å². The van der Waals surface area contributed by atoms with E-state index in [0.717, 1.165) is 5.56 Å². The van der Waals surface area contributed by atoms with Gasteiger partial charge in [-0.2, -0.15) is 0 Å². The minimum absolute atomic E-state index is 0.124. The highest BCUT2D eigenvalue weighted by Crippen LogP contribution is 2.30. The zero-order valence-electron chi connectivity index (χ0n) is 12.4. The lowest BCUT2D eigenvalue weighted by Crippen LogP contribution is -2.30. The second-order valence-electron chi connectivity index (χ2n) is 5.80. The van der Waals surface area contributed by atoms with Crippen LogP contribution in [0.3, 0.4) is 0 Å². The third-order valence-electron chi connectivity index (χ3n) is 3.25. The fraction of sp³-hybridized carbons (Fsp3) is 0.625. The molecule has 0 amide bonds. The van der Waals surface area contributed by atoms with E-state index in [9.17, 15) is 5.11 Å².